The van der Waals surface area contributed by atoms with Gasteiger partial charge in [0.1, 0.15) is 6.54 Å². The molecule has 0 fully saturated rings. The van der Waals surface area contributed by atoms with Crippen LogP contribution in [-0.2, 0) is 25.5 Å². The normalized spacial score (nSPS) is 14.7. The lowest BCUT2D eigenvalue weighted by molar-refractivity contribution is -0.202. The molecule has 0 saturated heterocycles. The molecule has 2 amide bonds. The van der Waals surface area contributed by atoms with E-state index in [1.807, 2.05) is 6.07 Å². The van der Waals surface area contributed by atoms with Crippen LogP contribution in [0.4, 0.5) is 24.5 Å². The summed E-state index contributed by atoms with van der Waals surface area (Å²) in [7, 11) is 0. The van der Waals surface area contributed by atoms with E-state index in [9.17, 15) is 32.3 Å². The number of benzene rings is 2. The van der Waals surface area contributed by atoms with Crippen molar-refractivity contribution in [1.82, 2.24) is 4.90 Å². The Kier molecular flexibility index (Phi) is 9.33. The number of esters is 2. The van der Waals surface area contributed by atoms with Gasteiger partial charge in [-0.2, -0.15) is 24.9 Å². The largest absolute Gasteiger partial charge is 0.491 e. The van der Waals surface area contributed by atoms with Crippen LogP contribution in [0.5, 0.6) is 0 Å². The number of hydrogen-bond acceptors (Lipinski definition) is 7. The number of anilines is 2. The maximum atomic E-state index is 13.6. The number of halogens is 3. The average Bonchev–Trinajstić information content (AvgIpc) is 2.95. The number of amides is 2. The van der Waals surface area contributed by atoms with Crippen LogP contribution < -0.4 is 10.6 Å². The van der Waals surface area contributed by atoms with Gasteiger partial charge in [-0.3, -0.25) is 19.3 Å². The highest BCUT2D eigenvalue weighted by Crippen LogP contribution is 2.34. The van der Waals surface area contributed by atoms with Crippen molar-refractivity contribution < 1.29 is 37.1 Å². The number of carbonyl (C=O) groups is 4. The summed E-state index contributed by atoms with van der Waals surface area (Å²) in [4.78, 5) is 52.5. The van der Waals surface area contributed by atoms with Gasteiger partial charge in [-0.05, 0) is 48.9 Å². The zero-order valence-corrected chi connectivity index (χ0v) is 20.8. The van der Waals surface area contributed by atoms with Gasteiger partial charge >= 0.3 is 18.1 Å². The quantitative estimate of drug-likeness (QED) is 0.296. The van der Waals surface area contributed by atoms with E-state index in [0.29, 0.717) is 24.3 Å². The summed E-state index contributed by atoms with van der Waals surface area (Å²) in [6.07, 6.45) is -5.40. The number of nitrogens with two attached hydrogens (primary N) is 1. The highest BCUT2D eigenvalue weighted by Gasteiger charge is 2.43. The molecule has 1 aliphatic heterocycles. The second-order valence-corrected chi connectivity index (χ2v) is 9.54. The molecule has 0 spiro atoms. The van der Waals surface area contributed by atoms with Crippen LogP contribution in [-0.4, -0.2) is 65.5 Å². The van der Waals surface area contributed by atoms with Crippen molar-refractivity contribution in [3.8, 4) is 0 Å². The first-order chi connectivity index (χ1) is 17.5. The molecule has 198 valence electrons. The van der Waals surface area contributed by atoms with Crippen molar-refractivity contribution in [2.45, 2.75) is 32.0 Å². The number of fused-ring (bicyclic) bond motifs is 1. The number of rotatable bonds is 9. The Morgan fingerprint density at radius 2 is 1.81 bits per heavy atom. The number of nitrogens with zero attached hydrogens (tertiary/aromatic N) is 2. The van der Waals surface area contributed by atoms with Crippen molar-refractivity contribution in [2.24, 2.45) is 5.73 Å². The summed E-state index contributed by atoms with van der Waals surface area (Å²) in [6, 6.07) is 12.9. The van der Waals surface area contributed by atoms with Crippen LogP contribution in [0.25, 0.3) is 0 Å². The Balaban J connectivity index is 1.92. The predicted octanol–water partition coefficient (Wildman–Crippen LogP) is 3.45. The van der Waals surface area contributed by atoms with E-state index in [1.165, 1.54) is 11.8 Å². The number of para-hydroxylation sites is 1. The fourth-order valence-electron chi connectivity index (χ4n) is 3.83. The van der Waals surface area contributed by atoms with Crippen LogP contribution >= 0.6 is 11.8 Å². The molecule has 1 heterocycles. The van der Waals surface area contributed by atoms with E-state index >= 15 is 0 Å². The van der Waals surface area contributed by atoms with Crippen LogP contribution in [0.3, 0.4) is 0 Å². The maximum Gasteiger partial charge on any atom is 0.491 e. The third-order valence-corrected chi connectivity index (χ3v) is 6.61. The first-order valence-corrected chi connectivity index (χ1v) is 12.6. The second-order valence-electron chi connectivity index (χ2n) is 8.31. The predicted molar refractivity (Wildman–Crippen MR) is 132 cm³/mol. The molecule has 0 radical (unpaired) electrons. The van der Waals surface area contributed by atoms with Crippen LogP contribution in [0.15, 0.2) is 48.5 Å². The minimum absolute atomic E-state index is 0.211. The molecule has 2 N–H and O–H groups in total. The van der Waals surface area contributed by atoms with Crippen molar-refractivity contribution in [3.05, 3.63) is 59.7 Å². The summed E-state index contributed by atoms with van der Waals surface area (Å²) >= 11 is 1.66. The lowest BCUT2D eigenvalue weighted by Gasteiger charge is -2.27. The first kappa shape index (κ1) is 28.2. The third kappa shape index (κ3) is 7.10. The number of hydrogen-bond donors (Lipinski definition) is 1. The summed E-state index contributed by atoms with van der Waals surface area (Å²) in [5.74, 6) is -3.58. The lowest BCUT2D eigenvalue weighted by Crippen LogP contribution is -2.44. The summed E-state index contributed by atoms with van der Waals surface area (Å²) < 4.78 is 41.2. The Bertz CT molecular complexity index is 1160. The number of alkyl halides is 3. The topological polar surface area (TPSA) is 110 Å². The molecule has 2 aromatic carbocycles. The van der Waals surface area contributed by atoms with E-state index in [1.54, 1.807) is 54.2 Å². The Morgan fingerprint density at radius 1 is 1.11 bits per heavy atom. The second kappa shape index (κ2) is 12.2. The number of ether oxygens (including phenoxy) is 1. The van der Waals surface area contributed by atoms with Gasteiger partial charge in [0.15, 0.2) is 0 Å². The highest BCUT2D eigenvalue weighted by atomic mass is 32.2. The third-order valence-electron chi connectivity index (χ3n) is 5.59. The molecule has 3 rings (SSSR count). The molecule has 0 aliphatic carbocycles. The molecule has 2 aromatic rings. The Labute approximate surface area is 215 Å². The van der Waals surface area contributed by atoms with Gasteiger partial charge in [-0.1, -0.05) is 24.3 Å². The standard InChI is InChI=1S/C25H26F3N3O5S/c1-16(13-22(33)36-24(35)25(26,27)28)30-15-21(32)31(18-5-3-2-4-6-18)20-8-7-17(9-11-37-12-10-29)14-19(20)23(30)34/h2-8,14,16H,9-13,15,29H2,1H3. The monoisotopic (exact) mass is 537 g/mol. The molecule has 0 saturated carbocycles. The SMILES string of the molecule is CC(CC(=O)OC(=O)C(F)(F)F)N1CC(=O)N(c2ccccc2)c2ccc(CCSCCN)cc2C1=O. The molecule has 12 heteroatoms. The van der Waals surface area contributed by atoms with Crippen molar-refractivity contribution in [2.75, 3.05) is 29.5 Å². The van der Waals surface area contributed by atoms with Crippen molar-refractivity contribution >= 4 is 46.9 Å². The first-order valence-electron chi connectivity index (χ1n) is 11.4. The minimum Gasteiger partial charge on any atom is -0.386 e. The molecule has 1 aliphatic rings. The smallest absolute Gasteiger partial charge is 0.386 e. The summed E-state index contributed by atoms with van der Waals surface area (Å²) in [6.45, 7) is 1.51. The number of carbonyl (C=O) groups excluding carboxylic acids is 4. The van der Waals surface area contributed by atoms with Gasteiger partial charge in [-0.15, -0.1) is 0 Å². The Hall–Kier alpha value is -3.38. The van der Waals surface area contributed by atoms with Crippen molar-refractivity contribution in [1.29, 1.82) is 0 Å². The highest BCUT2D eigenvalue weighted by molar-refractivity contribution is 7.99. The van der Waals surface area contributed by atoms with E-state index in [0.717, 1.165) is 22.0 Å². The number of thioether (sulfide) groups is 1. The van der Waals surface area contributed by atoms with E-state index in [4.69, 9.17) is 5.73 Å². The zero-order valence-electron chi connectivity index (χ0n) is 20.0. The van der Waals surface area contributed by atoms with E-state index < -0.39 is 48.9 Å². The van der Waals surface area contributed by atoms with Crippen molar-refractivity contribution in [3.63, 3.8) is 0 Å². The van der Waals surface area contributed by atoms with Gasteiger partial charge in [0, 0.05) is 24.0 Å². The van der Waals surface area contributed by atoms with Crippen LogP contribution in [0.1, 0.15) is 29.3 Å². The summed E-state index contributed by atoms with van der Waals surface area (Å²) in [5.41, 5.74) is 7.46. The van der Waals surface area contributed by atoms with Crippen LogP contribution in [0.2, 0.25) is 0 Å². The minimum atomic E-state index is -5.33. The van der Waals surface area contributed by atoms with E-state index in [2.05, 4.69) is 4.74 Å². The van der Waals surface area contributed by atoms with E-state index in [-0.39, 0.29) is 5.56 Å². The fourth-order valence-corrected chi connectivity index (χ4v) is 4.58. The van der Waals surface area contributed by atoms with Gasteiger partial charge in [-0.25, -0.2) is 4.79 Å². The molecular weight excluding hydrogens is 511 g/mol. The fraction of sp³-hybridized carbons (Fsp3) is 0.360. The summed E-state index contributed by atoms with van der Waals surface area (Å²) in [5, 5.41) is 0. The van der Waals surface area contributed by atoms with Gasteiger partial charge in [0.2, 0.25) is 0 Å². The molecule has 1 unspecified atom stereocenters. The number of aryl methyl sites for hydroxylation is 1. The molecule has 1 atom stereocenters. The molecular formula is C25H26F3N3O5S. The molecule has 0 bridgehead atoms. The van der Waals surface area contributed by atoms with Gasteiger partial charge < -0.3 is 15.4 Å². The lowest BCUT2D eigenvalue weighted by atomic mass is 10.0. The maximum absolute atomic E-state index is 13.6. The molecule has 37 heavy (non-hydrogen) atoms. The average molecular weight is 538 g/mol. The van der Waals surface area contributed by atoms with Gasteiger partial charge in [0.25, 0.3) is 11.8 Å². The van der Waals surface area contributed by atoms with Gasteiger partial charge in [0.05, 0.1) is 17.7 Å². The molecule has 0 aromatic heterocycles. The molecule has 8 nitrogen and oxygen atoms in total. The van der Waals surface area contributed by atoms with Crippen LogP contribution in [0, 0.1) is 0 Å². The zero-order chi connectivity index (χ0) is 27.2. The Morgan fingerprint density at radius 3 is 2.46 bits per heavy atom.